The molecule has 0 amide bonds. The minimum absolute atomic E-state index is 0.206. The van der Waals surface area contributed by atoms with E-state index in [9.17, 15) is 5.11 Å². The zero-order chi connectivity index (χ0) is 9.68. The molecule has 1 heterocycles. The molecule has 2 atom stereocenters. The molecule has 13 heavy (non-hydrogen) atoms. The molecule has 0 fully saturated rings. The molecule has 0 saturated carbocycles. The largest absolute Gasteiger partial charge is 0.393 e. The summed E-state index contributed by atoms with van der Waals surface area (Å²) in [6, 6.07) is 5.89. The molecule has 0 aliphatic heterocycles. The fourth-order valence-corrected chi connectivity index (χ4v) is 1.39. The molecule has 1 aromatic heterocycles. The lowest BCUT2D eigenvalue weighted by Gasteiger charge is -2.16. The highest BCUT2D eigenvalue weighted by atomic mass is 16.3. The van der Waals surface area contributed by atoms with E-state index in [1.54, 1.807) is 6.20 Å². The highest BCUT2D eigenvalue weighted by Crippen LogP contribution is 2.12. The van der Waals surface area contributed by atoms with Crippen LogP contribution >= 0.6 is 0 Å². The molecule has 2 unspecified atom stereocenters. The Morgan fingerprint density at radius 1 is 1.46 bits per heavy atom. The summed E-state index contributed by atoms with van der Waals surface area (Å²) in [5.74, 6) is 0.292. The first kappa shape index (κ1) is 10.2. The van der Waals surface area contributed by atoms with E-state index in [-0.39, 0.29) is 6.10 Å². The summed E-state index contributed by atoms with van der Waals surface area (Å²) in [7, 11) is 0. The number of rotatable bonds is 4. The van der Waals surface area contributed by atoms with E-state index < -0.39 is 0 Å². The molecule has 2 heteroatoms. The lowest BCUT2D eigenvalue weighted by molar-refractivity contribution is 0.112. The molecule has 0 radical (unpaired) electrons. The number of pyridine rings is 1. The maximum atomic E-state index is 9.56. The van der Waals surface area contributed by atoms with Crippen LogP contribution in [0.1, 0.15) is 26.0 Å². The fourth-order valence-electron chi connectivity index (χ4n) is 1.39. The summed E-state index contributed by atoms with van der Waals surface area (Å²) in [5, 5.41) is 9.56. The predicted molar refractivity (Wildman–Crippen MR) is 53.4 cm³/mol. The van der Waals surface area contributed by atoms with Crippen molar-refractivity contribution in [2.75, 3.05) is 0 Å². The average Bonchev–Trinajstić information content (AvgIpc) is 2.18. The Kier molecular flexibility index (Phi) is 3.90. The third-order valence-electron chi connectivity index (χ3n) is 2.33. The smallest absolute Gasteiger partial charge is 0.0566 e. The van der Waals surface area contributed by atoms with Crippen LogP contribution in [0.15, 0.2) is 24.4 Å². The van der Waals surface area contributed by atoms with Crippen LogP contribution in [0.5, 0.6) is 0 Å². The van der Waals surface area contributed by atoms with Gasteiger partial charge < -0.3 is 5.11 Å². The van der Waals surface area contributed by atoms with Gasteiger partial charge in [0.1, 0.15) is 0 Å². The van der Waals surface area contributed by atoms with Gasteiger partial charge in [-0.15, -0.1) is 0 Å². The van der Waals surface area contributed by atoms with Gasteiger partial charge in [-0.1, -0.05) is 19.9 Å². The second-order valence-corrected chi connectivity index (χ2v) is 3.48. The maximum Gasteiger partial charge on any atom is 0.0566 e. The number of aliphatic hydroxyl groups is 1. The minimum Gasteiger partial charge on any atom is -0.393 e. The van der Waals surface area contributed by atoms with Crippen molar-refractivity contribution in [3.05, 3.63) is 30.1 Å². The molecule has 0 spiro atoms. The van der Waals surface area contributed by atoms with Crippen LogP contribution < -0.4 is 0 Å². The molecule has 0 aliphatic rings. The van der Waals surface area contributed by atoms with Gasteiger partial charge in [0.25, 0.3) is 0 Å². The molecular formula is C11H17NO. The van der Waals surface area contributed by atoms with Gasteiger partial charge in [0.2, 0.25) is 0 Å². The van der Waals surface area contributed by atoms with Crippen molar-refractivity contribution in [1.82, 2.24) is 4.98 Å². The lowest BCUT2D eigenvalue weighted by atomic mass is 9.97. The third kappa shape index (κ3) is 3.15. The monoisotopic (exact) mass is 179 g/mol. The number of nitrogens with zero attached hydrogens (tertiary/aromatic N) is 1. The number of hydrogen-bond acceptors (Lipinski definition) is 2. The van der Waals surface area contributed by atoms with Crippen molar-refractivity contribution in [1.29, 1.82) is 0 Å². The van der Waals surface area contributed by atoms with E-state index in [0.717, 1.165) is 18.5 Å². The van der Waals surface area contributed by atoms with Gasteiger partial charge in [-0.25, -0.2) is 0 Å². The molecule has 0 aliphatic carbocycles. The van der Waals surface area contributed by atoms with Gasteiger partial charge in [-0.05, 0) is 30.9 Å². The Bertz CT molecular complexity index is 235. The van der Waals surface area contributed by atoms with E-state index >= 15 is 0 Å². The van der Waals surface area contributed by atoms with Crippen LogP contribution in [0.2, 0.25) is 0 Å². The van der Waals surface area contributed by atoms with Crippen molar-refractivity contribution in [3.8, 4) is 0 Å². The second-order valence-electron chi connectivity index (χ2n) is 3.48. The van der Waals surface area contributed by atoms with E-state index in [1.165, 1.54) is 0 Å². The Morgan fingerprint density at radius 2 is 2.23 bits per heavy atom. The van der Waals surface area contributed by atoms with Crippen molar-refractivity contribution in [3.63, 3.8) is 0 Å². The molecule has 2 nitrogen and oxygen atoms in total. The Labute approximate surface area is 79.6 Å². The number of aliphatic hydroxyl groups excluding tert-OH is 1. The van der Waals surface area contributed by atoms with Gasteiger partial charge in [0.05, 0.1) is 6.10 Å². The molecule has 1 aromatic rings. The van der Waals surface area contributed by atoms with Gasteiger partial charge in [-0.3, -0.25) is 4.98 Å². The van der Waals surface area contributed by atoms with Gasteiger partial charge in [0, 0.05) is 11.9 Å². The summed E-state index contributed by atoms with van der Waals surface area (Å²) in [5.41, 5.74) is 1.06. The first-order valence-corrected chi connectivity index (χ1v) is 4.82. The standard InChI is InChI=1S/C11H17NO/c1-3-11(13)9(2)8-10-6-4-5-7-12-10/h4-7,9,11,13H,3,8H2,1-2H3. The zero-order valence-corrected chi connectivity index (χ0v) is 8.27. The van der Waals surface area contributed by atoms with Crippen molar-refractivity contribution in [2.45, 2.75) is 32.8 Å². The highest BCUT2D eigenvalue weighted by molar-refractivity contribution is 5.04. The second kappa shape index (κ2) is 4.97. The van der Waals surface area contributed by atoms with Crippen LogP contribution in [-0.4, -0.2) is 16.2 Å². The van der Waals surface area contributed by atoms with Crippen molar-refractivity contribution >= 4 is 0 Å². The number of aromatic nitrogens is 1. The highest BCUT2D eigenvalue weighted by Gasteiger charge is 2.12. The van der Waals surface area contributed by atoms with E-state index in [1.807, 2.05) is 25.1 Å². The third-order valence-corrected chi connectivity index (χ3v) is 2.33. The molecular weight excluding hydrogens is 162 g/mol. The Morgan fingerprint density at radius 3 is 2.77 bits per heavy atom. The molecule has 0 bridgehead atoms. The first-order chi connectivity index (χ1) is 6.24. The molecule has 1 N–H and O–H groups in total. The summed E-state index contributed by atoms with van der Waals surface area (Å²) in [6.07, 6.45) is 3.26. The minimum atomic E-state index is -0.206. The molecule has 1 rings (SSSR count). The van der Waals surface area contributed by atoms with E-state index in [2.05, 4.69) is 11.9 Å². The van der Waals surface area contributed by atoms with Gasteiger partial charge in [-0.2, -0.15) is 0 Å². The van der Waals surface area contributed by atoms with Gasteiger partial charge >= 0.3 is 0 Å². The Balaban J connectivity index is 2.50. The van der Waals surface area contributed by atoms with Crippen molar-refractivity contribution in [2.24, 2.45) is 5.92 Å². The predicted octanol–water partition coefficient (Wildman–Crippen LogP) is 2.03. The van der Waals surface area contributed by atoms with Crippen LogP contribution in [0.25, 0.3) is 0 Å². The lowest BCUT2D eigenvalue weighted by Crippen LogP contribution is -2.18. The molecule has 72 valence electrons. The van der Waals surface area contributed by atoms with Crippen LogP contribution in [0, 0.1) is 5.92 Å². The maximum absolute atomic E-state index is 9.56. The quantitative estimate of drug-likeness (QED) is 0.767. The van der Waals surface area contributed by atoms with Crippen LogP contribution in [-0.2, 0) is 6.42 Å². The van der Waals surface area contributed by atoms with Crippen LogP contribution in [0.3, 0.4) is 0 Å². The van der Waals surface area contributed by atoms with Gasteiger partial charge in [0.15, 0.2) is 0 Å². The normalized spacial score (nSPS) is 15.3. The molecule has 0 saturated heterocycles. The Hall–Kier alpha value is -0.890. The topological polar surface area (TPSA) is 33.1 Å². The number of hydrogen-bond donors (Lipinski definition) is 1. The summed E-state index contributed by atoms with van der Waals surface area (Å²) in [4.78, 5) is 4.22. The van der Waals surface area contributed by atoms with E-state index in [0.29, 0.717) is 5.92 Å². The summed E-state index contributed by atoms with van der Waals surface area (Å²) < 4.78 is 0. The van der Waals surface area contributed by atoms with E-state index in [4.69, 9.17) is 0 Å². The zero-order valence-electron chi connectivity index (χ0n) is 8.27. The fraction of sp³-hybridized carbons (Fsp3) is 0.545. The average molecular weight is 179 g/mol. The molecule has 0 aromatic carbocycles. The SMILES string of the molecule is CCC(O)C(C)Cc1ccccn1. The summed E-state index contributed by atoms with van der Waals surface area (Å²) >= 11 is 0. The van der Waals surface area contributed by atoms with Crippen molar-refractivity contribution < 1.29 is 5.11 Å². The first-order valence-electron chi connectivity index (χ1n) is 4.82. The van der Waals surface area contributed by atoms with Crippen LogP contribution in [0.4, 0.5) is 0 Å². The summed E-state index contributed by atoms with van der Waals surface area (Å²) in [6.45, 7) is 4.06.